The van der Waals surface area contributed by atoms with Crippen LogP contribution in [0.15, 0.2) is 41.7 Å². The number of aromatic nitrogens is 2. The van der Waals surface area contributed by atoms with Gasteiger partial charge >= 0.3 is 0 Å². The fraction of sp³-hybridized carbons (Fsp3) is 0.154. The molecule has 1 heterocycles. The van der Waals surface area contributed by atoms with Crippen molar-refractivity contribution in [1.29, 1.82) is 5.41 Å². The number of amidine groups is 1. The molecule has 4 nitrogen and oxygen atoms in total. The molecular formula is C13H14N4S. The highest BCUT2D eigenvalue weighted by Gasteiger charge is 2.06. The minimum absolute atomic E-state index is 0.0939. The van der Waals surface area contributed by atoms with Gasteiger partial charge in [0.1, 0.15) is 5.84 Å². The second-order valence-corrected chi connectivity index (χ2v) is 4.78. The predicted octanol–water partition coefficient (Wildman–Crippen LogP) is 2.36. The number of aryl methyl sites for hydroxylation is 1. The third-order valence-electron chi connectivity index (χ3n) is 2.44. The number of benzene rings is 1. The van der Waals surface area contributed by atoms with Gasteiger partial charge in [0.2, 0.25) is 0 Å². The highest BCUT2D eigenvalue weighted by Crippen LogP contribution is 2.21. The van der Waals surface area contributed by atoms with Crippen LogP contribution in [0, 0.1) is 12.3 Å². The molecule has 0 saturated carbocycles. The summed E-state index contributed by atoms with van der Waals surface area (Å²) in [6, 6.07) is 9.52. The zero-order valence-electron chi connectivity index (χ0n) is 10.1. The van der Waals surface area contributed by atoms with Gasteiger partial charge in [-0.15, -0.1) is 0 Å². The summed E-state index contributed by atoms with van der Waals surface area (Å²) in [5.41, 5.74) is 8.31. The van der Waals surface area contributed by atoms with Crippen LogP contribution in [-0.4, -0.2) is 15.8 Å². The van der Waals surface area contributed by atoms with E-state index in [0.717, 1.165) is 22.0 Å². The maximum atomic E-state index is 7.53. The largest absolute Gasteiger partial charge is 0.384 e. The lowest BCUT2D eigenvalue weighted by Gasteiger charge is -2.07. The SMILES string of the molecule is Cc1ccnc(SCc2ccccc2C(=N)N)n1. The molecule has 0 saturated heterocycles. The Labute approximate surface area is 110 Å². The second kappa shape index (κ2) is 5.64. The van der Waals surface area contributed by atoms with E-state index in [-0.39, 0.29) is 5.84 Å². The Hall–Kier alpha value is -1.88. The quantitative estimate of drug-likeness (QED) is 0.382. The minimum atomic E-state index is 0.0939. The topological polar surface area (TPSA) is 75.7 Å². The van der Waals surface area contributed by atoms with Crippen molar-refractivity contribution in [3.8, 4) is 0 Å². The average molecular weight is 258 g/mol. The number of hydrogen-bond donors (Lipinski definition) is 2. The van der Waals surface area contributed by atoms with Gasteiger partial charge in [0.15, 0.2) is 5.16 Å². The second-order valence-electron chi connectivity index (χ2n) is 3.84. The normalized spacial score (nSPS) is 10.3. The Kier molecular flexibility index (Phi) is 3.94. The number of nitrogens with zero attached hydrogens (tertiary/aromatic N) is 2. The summed E-state index contributed by atoms with van der Waals surface area (Å²) in [4.78, 5) is 8.53. The lowest BCUT2D eigenvalue weighted by Crippen LogP contribution is -2.13. The molecule has 2 rings (SSSR count). The summed E-state index contributed by atoms with van der Waals surface area (Å²) in [5.74, 6) is 0.801. The maximum absolute atomic E-state index is 7.53. The van der Waals surface area contributed by atoms with E-state index >= 15 is 0 Å². The number of nitrogen functional groups attached to an aromatic ring is 1. The van der Waals surface area contributed by atoms with Crippen molar-refractivity contribution in [2.75, 3.05) is 0 Å². The van der Waals surface area contributed by atoms with E-state index in [2.05, 4.69) is 9.97 Å². The Morgan fingerprint density at radius 3 is 2.83 bits per heavy atom. The van der Waals surface area contributed by atoms with Crippen molar-refractivity contribution in [2.45, 2.75) is 17.8 Å². The van der Waals surface area contributed by atoms with Crippen LogP contribution in [0.25, 0.3) is 0 Å². The first-order chi connectivity index (χ1) is 8.66. The maximum Gasteiger partial charge on any atom is 0.188 e. The van der Waals surface area contributed by atoms with E-state index in [1.807, 2.05) is 37.3 Å². The van der Waals surface area contributed by atoms with E-state index in [0.29, 0.717) is 5.75 Å². The average Bonchev–Trinajstić information content (AvgIpc) is 2.37. The van der Waals surface area contributed by atoms with Gasteiger partial charge in [0.25, 0.3) is 0 Å². The molecule has 0 bridgehead atoms. The molecule has 0 aliphatic carbocycles. The first-order valence-corrected chi connectivity index (χ1v) is 6.50. The van der Waals surface area contributed by atoms with E-state index in [4.69, 9.17) is 11.1 Å². The molecule has 0 unspecified atom stereocenters. The highest BCUT2D eigenvalue weighted by atomic mass is 32.2. The van der Waals surface area contributed by atoms with E-state index in [1.54, 1.807) is 18.0 Å². The molecule has 1 aromatic carbocycles. The number of nitrogens with one attached hydrogen (secondary N) is 1. The summed E-state index contributed by atoms with van der Waals surface area (Å²) in [5, 5.41) is 8.27. The molecule has 5 heteroatoms. The molecule has 0 amide bonds. The van der Waals surface area contributed by atoms with Gasteiger partial charge in [-0.3, -0.25) is 5.41 Å². The first-order valence-electron chi connectivity index (χ1n) is 5.51. The highest BCUT2D eigenvalue weighted by molar-refractivity contribution is 7.98. The molecule has 3 N–H and O–H groups in total. The summed E-state index contributed by atoms with van der Waals surface area (Å²) in [6.45, 7) is 1.94. The molecule has 0 radical (unpaired) electrons. The van der Waals surface area contributed by atoms with Gasteiger partial charge in [0.05, 0.1) is 0 Å². The third-order valence-corrected chi connectivity index (χ3v) is 3.35. The van der Waals surface area contributed by atoms with Crippen molar-refractivity contribution in [3.05, 3.63) is 53.3 Å². The number of rotatable bonds is 4. The van der Waals surface area contributed by atoms with Gasteiger partial charge in [-0.1, -0.05) is 36.0 Å². The smallest absolute Gasteiger partial charge is 0.188 e. The summed E-state index contributed by atoms with van der Waals surface area (Å²) in [7, 11) is 0. The zero-order valence-corrected chi connectivity index (χ0v) is 10.9. The number of hydrogen-bond acceptors (Lipinski definition) is 4. The molecule has 0 atom stereocenters. The zero-order chi connectivity index (χ0) is 13.0. The van der Waals surface area contributed by atoms with Crippen molar-refractivity contribution in [3.63, 3.8) is 0 Å². The fourth-order valence-corrected chi connectivity index (χ4v) is 2.43. The molecule has 18 heavy (non-hydrogen) atoms. The van der Waals surface area contributed by atoms with Crippen LogP contribution in [0.2, 0.25) is 0 Å². The van der Waals surface area contributed by atoms with Crippen molar-refractivity contribution < 1.29 is 0 Å². The molecule has 0 fully saturated rings. The lowest BCUT2D eigenvalue weighted by atomic mass is 10.1. The van der Waals surface area contributed by atoms with E-state index in [1.165, 1.54) is 0 Å². The van der Waals surface area contributed by atoms with Crippen LogP contribution in [0.3, 0.4) is 0 Å². The van der Waals surface area contributed by atoms with Gasteiger partial charge in [-0.25, -0.2) is 9.97 Å². The van der Waals surface area contributed by atoms with Gasteiger partial charge in [-0.2, -0.15) is 0 Å². The summed E-state index contributed by atoms with van der Waals surface area (Å²) < 4.78 is 0. The van der Waals surface area contributed by atoms with Gasteiger partial charge < -0.3 is 5.73 Å². The van der Waals surface area contributed by atoms with Crippen LogP contribution in [-0.2, 0) is 5.75 Å². The third kappa shape index (κ3) is 3.07. The van der Waals surface area contributed by atoms with Crippen LogP contribution >= 0.6 is 11.8 Å². The molecular weight excluding hydrogens is 244 g/mol. The molecule has 0 aliphatic rings. The van der Waals surface area contributed by atoms with E-state index < -0.39 is 0 Å². The predicted molar refractivity (Wildman–Crippen MR) is 73.8 cm³/mol. The standard InChI is InChI=1S/C13H14N4S/c1-9-6-7-16-13(17-9)18-8-10-4-2-3-5-11(10)12(14)15/h2-7H,8H2,1H3,(H3,14,15). The summed E-state index contributed by atoms with van der Waals surface area (Å²) >= 11 is 1.54. The molecule has 0 aliphatic heterocycles. The van der Waals surface area contributed by atoms with Crippen LogP contribution in [0.1, 0.15) is 16.8 Å². The Balaban J connectivity index is 2.13. The van der Waals surface area contributed by atoms with Crippen LogP contribution in [0.5, 0.6) is 0 Å². The lowest BCUT2D eigenvalue weighted by molar-refractivity contribution is 0.932. The first kappa shape index (κ1) is 12.6. The molecule has 0 spiro atoms. The van der Waals surface area contributed by atoms with Crippen molar-refractivity contribution in [1.82, 2.24) is 9.97 Å². The fourth-order valence-electron chi connectivity index (χ4n) is 1.55. The van der Waals surface area contributed by atoms with Gasteiger partial charge in [0, 0.05) is 23.2 Å². The van der Waals surface area contributed by atoms with Crippen molar-refractivity contribution >= 4 is 17.6 Å². The summed E-state index contributed by atoms with van der Waals surface area (Å²) in [6.07, 6.45) is 1.75. The molecule has 2 aromatic rings. The number of thioether (sulfide) groups is 1. The molecule has 1 aromatic heterocycles. The monoisotopic (exact) mass is 258 g/mol. The van der Waals surface area contributed by atoms with Crippen LogP contribution < -0.4 is 5.73 Å². The Morgan fingerprint density at radius 2 is 2.11 bits per heavy atom. The molecule has 92 valence electrons. The number of nitrogens with two attached hydrogens (primary N) is 1. The minimum Gasteiger partial charge on any atom is -0.384 e. The Morgan fingerprint density at radius 1 is 1.33 bits per heavy atom. The Bertz CT molecular complexity index is 568. The van der Waals surface area contributed by atoms with Crippen LogP contribution in [0.4, 0.5) is 0 Å². The van der Waals surface area contributed by atoms with E-state index in [9.17, 15) is 0 Å². The van der Waals surface area contributed by atoms with Gasteiger partial charge in [-0.05, 0) is 18.6 Å². The van der Waals surface area contributed by atoms with Crippen molar-refractivity contribution in [2.24, 2.45) is 5.73 Å².